The average Bonchev–Trinajstić information content (AvgIpc) is 2.17. The molecule has 0 bridgehead atoms. The number of benzene rings is 1. The standard InChI is InChI=1S/C11H13ClO2S/c1-11(2,9(12)10(13)14)15-8-6-4-3-5-7-8/h3-7,9H,1-2H3,(H,13,14). The van der Waals surface area contributed by atoms with Crippen LogP contribution in [0.4, 0.5) is 0 Å². The van der Waals surface area contributed by atoms with E-state index in [0.717, 1.165) is 4.90 Å². The summed E-state index contributed by atoms with van der Waals surface area (Å²) in [6, 6.07) is 9.65. The first kappa shape index (κ1) is 12.4. The van der Waals surface area contributed by atoms with Gasteiger partial charge in [-0.15, -0.1) is 23.4 Å². The highest BCUT2D eigenvalue weighted by molar-refractivity contribution is 8.00. The molecule has 0 saturated carbocycles. The van der Waals surface area contributed by atoms with Gasteiger partial charge in [-0.25, -0.2) is 0 Å². The highest BCUT2D eigenvalue weighted by Gasteiger charge is 2.34. The van der Waals surface area contributed by atoms with E-state index in [4.69, 9.17) is 16.7 Å². The Balaban J connectivity index is 2.76. The minimum absolute atomic E-state index is 0.533. The minimum Gasteiger partial charge on any atom is -0.480 e. The molecule has 0 saturated heterocycles. The second kappa shape index (κ2) is 4.90. The summed E-state index contributed by atoms with van der Waals surface area (Å²) in [5.74, 6) is -0.981. The number of hydrogen-bond acceptors (Lipinski definition) is 2. The van der Waals surface area contributed by atoms with Crippen molar-refractivity contribution in [3.63, 3.8) is 0 Å². The Bertz CT molecular complexity index is 338. The van der Waals surface area contributed by atoms with E-state index in [-0.39, 0.29) is 0 Å². The van der Waals surface area contributed by atoms with E-state index >= 15 is 0 Å². The van der Waals surface area contributed by atoms with Crippen LogP contribution in [0.25, 0.3) is 0 Å². The molecule has 1 atom stereocenters. The average molecular weight is 245 g/mol. The molecule has 0 aromatic heterocycles. The van der Waals surface area contributed by atoms with E-state index in [1.807, 2.05) is 44.2 Å². The largest absolute Gasteiger partial charge is 0.480 e. The predicted molar refractivity (Wildman–Crippen MR) is 63.7 cm³/mol. The molecular weight excluding hydrogens is 232 g/mol. The molecule has 0 heterocycles. The molecule has 1 aromatic rings. The van der Waals surface area contributed by atoms with Crippen LogP contribution in [-0.4, -0.2) is 21.2 Å². The zero-order valence-electron chi connectivity index (χ0n) is 8.61. The van der Waals surface area contributed by atoms with Crippen molar-refractivity contribution >= 4 is 29.3 Å². The molecule has 2 nitrogen and oxygen atoms in total. The first-order valence-electron chi connectivity index (χ1n) is 4.54. The highest BCUT2D eigenvalue weighted by Crippen LogP contribution is 2.37. The van der Waals surface area contributed by atoms with E-state index in [9.17, 15) is 4.79 Å². The molecule has 1 aromatic carbocycles. The first-order chi connectivity index (χ1) is 6.93. The predicted octanol–water partition coefficient (Wildman–Crippen LogP) is 3.25. The molecule has 0 aliphatic rings. The fraction of sp³-hybridized carbons (Fsp3) is 0.364. The van der Waals surface area contributed by atoms with Crippen LogP contribution in [0, 0.1) is 0 Å². The van der Waals surface area contributed by atoms with Crippen LogP contribution in [0.2, 0.25) is 0 Å². The van der Waals surface area contributed by atoms with E-state index in [2.05, 4.69) is 0 Å². The van der Waals surface area contributed by atoms with E-state index in [1.54, 1.807) is 0 Å². The second-order valence-corrected chi connectivity index (χ2v) is 5.88. The molecule has 15 heavy (non-hydrogen) atoms. The summed E-state index contributed by atoms with van der Waals surface area (Å²) in [6.45, 7) is 3.66. The van der Waals surface area contributed by atoms with Crippen molar-refractivity contribution in [3.05, 3.63) is 30.3 Å². The maximum Gasteiger partial charge on any atom is 0.323 e. The SMILES string of the molecule is CC(C)(Sc1ccccc1)C(Cl)C(=O)O. The number of aliphatic carboxylic acids is 1. The van der Waals surface area contributed by atoms with Crippen molar-refractivity contribution in [2.75, 3.05) is 0 Å². The van der Waals surface area contributed by atoms with Crippen LogP contribution in [0.5, 0.6) is 0 Å². The van der Waals surface area contributed by atoms with E-state index < -0.39 is 16.1 Å². The lowest BCUT2D eigenvalue weighted by Crippen LogP contribution is -2.34. The third-order valence-corrected chi connectivity index (χ3v) is 4.08. The fourth-order valence-corrected chi connectivity index (χ4v) is 2.38. The van der Waals surface area contributed by atoms with Crippen molar-refractivity contribution in [2.45, 2.75) is 28.9 Å². The van der Waals surface area contributed by atoms with Crippen molar-refractivity contribution in [3.8, 4) is 0 Å². The number of carbonyl (C=O) groups is 1. The molecular formula is C11H13ClO2S. The number of carboxylic acid groups (broad SMARTS) is 1. The summed E-state index contributed by atoms with van der Waals surface area (Å²) in [5, 5.41) is 7.95. The third-order valence-electron chi connectivity index (χ3n) is 1.95. The van der Waals surface area contributed by atoms with E-state index in [1.165, 1.54) is 11.8 Å². The second-order valence-electron chi connectivity index (χ2n) is 3.72. The zero-order valence-corrected chi connectivity index (χ0v) is 10.2. The maximum absolute atomic E-state index is 10.8. The normalized spacial score (nSPS) is 13.5. The third kappa shape index (κ3) is 3.43. The molecule has 1 N–H and O–H groups in total. The van der Waals surface area contributed by atoms with Gasteiger partial charge in [0.25, 0.3) is 0 Å². The fourth-order valence-electron chi connectivity index (χ4n) is 1.14. The molecule has 4 heteroatoms. The van der Waals surface area contributed by atoms with Crippen LogP contribution in [-0.2, 0) is 4.79 Å². The Morgan fingerprint density at radius 1 is 1.40 bits per heavy atom. The van der Waals surface area contributed by atoms with Crippen LogP contribution in [0.15, 0.2) is 35.2 Å². The van der Waals surface area contributed by atoms with Gasteiger partial charge in [-0.3, -0.25) is 4.79 Å². The number of halogens is 1. The summed E-state index contributed by atoms with van der Waals surface area (Å²) >= 11 is 7.31. The summed E-state index contributed by atoms with van der Waals surface area (Å²) in [5.41, 5.74) is 0. The monoisotopic (exact) mass is 244 g/mol. The molecule has 1 rings (SSSR count). The van der Waals surface area contributed by atoms with Crippen molar-refractivity contribution in [2.24, 2.45) is 0 Å². The molecule has 0 aliphatic carbocycles. The van der Waals surface area contributed by atoms with Gasteiger partial charge in [0.05, 0.1) is 0 Å². The lowest BCUT2D eigenvalue weighted by Gasteiger charge is -2.26. The van der Waals surface area contributed by atoms with Gasteiger partial charge in [-0.2, -0.15) is 0 Å². The van der Waals surface area contributed by atoms with Crippen LogP contribution in [0.3, 0.4) is 0 Å². The lowest BCUT2D eigenvalue weighted by atomic mass is 10.1. The molecule has 82 valence electrons. The maximum atomic E-state index is 10.8. The minimum atomic E-state index is -0.981. The Morgan fingerprint density at radius 2 is 1.93 bits per heavy atom. The highest BCUT2D eigenvalue weighted by atomic mass is 35.5. The quantitative estimate of drug-likeness (QED) is 0.653. The molecule has 1 unspecified atom stereocenters. The van der Waals surface area contributed by atoms with E-state index in [0.29, 0.717) is 0 Å². The summed E-state index contributed by atoms with van der Waals surface area (Å²) in [7, 11) is 0. The van der Waals surface area contributed by atoms with Gasteiger partial charge in [0.1, 0.15) is 5.38 Å². The Labute approximate surface area is 98.6 Å². The number of rotatable bonds is 4. The van der Waals surface area contributed by atoms with Gasteiger partial charge in [0, 0.05) is 9.64 Å². The molecule has 0 amide bonds. The lowest BCUT2D eigenvalue weighted by molar-refractivity contribution is -0.137. The number of hydrogen-bond donors (Lipinski definition) is 1. The summed E-state index contributed by atoms with van der Waals surface area (Å²) in [6.07, 6.45) is 0. The smallest absolute Gasteiger partial charge is 0.323 e. The topological polar surface area (TPSA) is 37.3 Å². The zero-order chi connectivity index (χ0) is 11.5. The number of thioether (sulfide) groups is 1. The molecule has 0 spiro atoms. The molecule has 0 radical (unpaired) electrons. The van der Waals surface area contributed by atoms with Gasteiger partial charge < -0.3 is 5.11 Å². The van der Waals surface area contributed by atoms with Crippen molar-refractivity contribution < 1.29 is 9.90 Å². The molecule has 0 aliphatic heterocycles. The van der Waals surface area contributed by atoms with Crippen molar-refractivity contribution in [1.29, 1.82) is 0 Å². The van der Waals surface area contributed by atoms with Gasteiger partial charge in [-0.1, -0.05) is 18.2 Å². The Morgan fingerprint density at radius 3 is 2.40 bits per heavy atom. The van der Waals surface area contributed by atoms with Crippen molar-refractivity contribution in [1.82, 2.24) is 0 Å². The Hall–Kier alpha value is -0.670. The number of carboxylic acids is 1. The number of alkyl halides is 1. The van der Waals surface area contributed by atoms with Crippen LogP contribution < -0.4 is 0 Å². The van der Waals surface area contributed by atoms with Crippen LogP contribution >= 0.6 is 23.4 Å². The van der Waals surface area contributed by atoms with Gasteiger partial charge >= 0.3 is 5.97 Å². The first-order valence-corrected chi connectivity index (χ1v) is 5.80. The van der Waals surface area contributed by atoms with Gasteiger partial charge in [-0.05, 0) is 26.0 Å². The summed E-state index contributed by atoms with van der Waals surface area (Å²) in [4.78, 5) is 11.8. The van der Waals surface area contributed by atoms with Gasteiger partial charge in [0.2, 0.25) is 0 Å². The molecule has 0 fully saturated rings. The Kier molecular flexibility index (Phi) is 4.05. The summed E-state index contributed by atoms with van der Waals surface area (Å²) < 4.78 is -0.533. The van der Waals surface area contributed by atoms with Gasteiger partial charge in [0.15, 0.2) is 0 Å². The van der Waals surface area contributed by atoms with Crippen LogP contribution in [0.1, 0.15) is 13.8 Å².